The second-order valence-corrected chi connectivity index (χ2v) is 5.87. The Bertz CT molecular complexity index is 911. The lowest BCUT2D eigenvalue weighted by atomic mass is 9.88. The van der Waals surface area contributed by atoms with E-state index in [2.05, 4.69) is 5.32 Å². The third-order valence-corrected chi connectivity index (χ3v) is 4.36. The van der Waals surface area contributed by atoms with Gasteiger partial charge in [0.2, 0.25) is 5.91 Å². The van der Waals surface area contributed by atoms with Gasteiger partial charge in [0, 0.05) is 23.7 Å². The first-order valence-corrected chi connectivity index (χ1v) is 8.12. The zero-order chi connectivity index (χ0) is 19.6. The minimum atomic E-state index is -1.31. The fourth-order valence-electron chi connectivity index (χ4n) is 2.95. The highest BCUT2D eigenvalue weighted by molar-refractivity contribution is 6.18. The number of fused-ring (bicyclic) bond motifs is 1. The molecule has 1 aliphatic heterocycles. The van der Waals surface area contributed by atoms with Crippen LogP contribution in [-0.2, 0) is 16.1 Å². The molecule has 0 saturated carbocycles. The van der Waals surface area contributed by atoms with Gasteiger partial charge in [-0.15, -0.1) is 0 Å². The molecule has 0 bridgehead atoms. The summed E-state index contributed by atoms with van der Waals surface area (Å²) in [7, 11) is 3.03. The number of hydrogen-bond acceptors (Lipinski definition) is 6. The van der Waals surface area contributed by atoms with Crippen molar-refractivity contribution in [2.75, 3.05) is 14.2 Å². The molecule has 3 rings (SSSR count). The lowest BCUT2D eigenvalue weighted by Crippen LogP contribution is -2.47. The smallest absolute Gasteiger partial charge is 0.284 e. The lowest BCUT2D eigenvalue weighted by Gasteiger charge is -2.27. The number of carbonyl (C=O) groups excluding carboxylic acids is 3. The summed E-state index contributed by atoms with van der Waals surface area (Å²) in [5.74, 6) is -2.66. The van der Waals surface area contributed by atoms with Gasteiger partial charge in [-0.2, -0.15) is 5.06 Å². The number of nitrogens with one attached hydrogen (secondary N) is 1. The lowest BCUT2D eigenvalue weighted by molar-refractivity contribution is -0.158. The Morgan fingerprint density at radius 1 is 1.15 bits per heavy atom. The van der Waals surface area contributed by atoms with E-state index < -0.39 is 23.6 Å². The number of methoxy groups -OCH3 is 2. The highest BCUT2D eigenvalue weighted by Crippen LogP contribution is 2.29. The molecule has 1 aliphatic rings. The maximum absolute atomic E-state index is 12.7. The average molecular weight is 370 g/mol. The highest BCUT2D eigenvalue weighted by atomic mass is 16.5. The zero-order valence-electron chi connectivity index (χ0n) is 14.8. The van der Waals surface area contributed by atoms with Gasteiger partial charge in [-0.05, 0) is 23.8 Å². The van der Waals surface area contributed by atoms with Crippen molar-refractivity contribution >= 4 is 17.7 Å². The molecule has 1 heterocycles. The first-order chi connectivity index (χ1) is 13.0. The first-order valence-electron chi connectivity index (χ1n) is 8.12. The molecular formula is C19H18N2O6. The van der Waals surface area contributed by atoms with Crippen LogP contribution in [0.5, 0.6) is 11.5 Å². The third-order valence-electron chi connectivity index (χ3n) is 4.36. The second kappa shape index (κ2) is 7.46. The van der Waals surface area contributed by atoms with Crippen molar-refractivity contribution in [3.63, 3.8) is 0 Å². The Hall–Kier alpha value is -3.39. The molecule has 0 saturated heterocycles. The molecular weight excluding hydrogens is 352 g/mol. The molecule has 27 heavy (non-hydrogen) atoms. The van der Waals surface area contributed by atoms with E-state index in [1.807, 2.05) is 0 Å². The van der Waals surface area contributed by atoms with Gasteiger partial charge in [0.25, 0.3) is 11.8 Å². The predicted molar refractivity (Wildman–Crippen MR) is 93.5 cm³/mol. The molecule has 1 atom stereocenters. The van der Waals surface area contributed by atoms with Crippen LogP contribution < -0.4 is 14.8 Å². The Balaban J connectivity index is 1.83. The predicted octanol–water partition coefficient (Wildman–Crippen LogP) is 1.48. The number of carbonyl (C=O) groups is 3. The van der Waals surface area contributed by atoms with Crippen molar-refractivity contribution in [3.05, 3.63) is 59.2 Å². The summed E-state index contributed by atoms with van der Waals surface area (Å²) in [6.45, 7) is 0.0946. The van der Waals surface area contributed by atoms with Gasteiger partial charge in [0.15, 0.2) is 0 Å². The van der Waals surface area contributed by atoms with Crippen LogP contribution in [-0.4, -0.2) is 42.2 Å². The summed E-state index contributed by atoms with van der Waals surface area (Å²) in [6.07, 6.45) is 0. The monoisotopic (exact) mass is 370 g/mol. The third kappa shape index (κ3) is 3.34. The van der Waals surface area contributed by atoms with E-state index in [4.69, 9.17) is 9.47 Å². The Morgan fingerprint density at radius 3 is 2.59 bits per heavy atom. The number of hydrogen-bond donors (Lipinski definition) is 2. The van der Waals surface area contributed by atoms with Crippen LogP contribution in [0, 0.1) is 0 Å². The van der Waals surface area contributed by atoms with Crippen LogP contribution in [0.25, 0.3) is 0 Å². The summed E-state index contributed by atoms with van der Waals surface area (Å²) in [4.78, 5) is 37.0. The van der Waals surface area contributed by atoms with E-state index in [1.165, 1.54) is 26.4 Å². The Morgan fingerprint density at radius 2 is 1.89 bits per heavy atom. The largest absolute Gasteiger partial charge is 0.497 e. The zero-order valence-corrected chi connectivity index (χ0v) is 14.8. The maximum atomic E-state index is 12.7. The van der Waals surface area contributed by atoms with Gasteiger partial charge >= 0.3 is 0 Å². The number of hydroxylamine groups is 2. The quantitative estimate of drug-likeness (QED) is 0.469. The van der Waals surface area contributed by atoms with Gasteiger partial charge in [0.1, 0.15) is 17.4 Å². The molecule has 2 N–H and O–H groups in total. The van der Waals surface area contributed by atoms with Crippen LogP contribution in [0.2, 0.25) is 0 Å². The summed E-state index contributed by atoms with van der Waals surface area (Å²) in [5.41, 5.74) is 1.05. The van der Waals surface area contributed by atoms with Crippen LogP contribution in [0.3, 0.4) is 0 Å². The number of benzene rings is 2. The van der Waals surface area contributed by atoms with Crippen molar-refractivity contribution in [3.8, 4) is 11.5 Å². The molecule has 3 amide bonds. The standard InChI is InChI=1S/C19H18N2O6/c1-26-12-8-7-11(15(9-12)27-2)10-20-17(22)16-13-5-3-4-6-14(13)18(23)21(25)19(16)24/h3-9,16,25H,10H2,1-2H3,(H,20,22). The molecule has 8 nitrogen and oxygen atoms in total. The molecule has 0 radical (unpaired) electrons. The number of ether oxygens (including phenoxy) is 2. The van der Waals surface area contributed by atoms with Crippen molar-refractivity contribution in [1.29, 1.82) is 0 Å². The SMILES string of the molecule is COc1ccc(CNC(=O)C2C(=O)N(O)C(=O)c3ccccc32)c(OC)c1. The van der Waals surface area contributed by atoms with Crippen LogP contribution in [0.4, 0.5) is 0 Å². The van der Waals surface area contributed by atoms with Gasteiger partial charge in [-0.3, -0.25) is 19.6 Å². The molecule has 8 heteroatoms. The van der Waals surface area contributed by atoms with Gasteiger partial charge in [-0.25, -0.2) is 0 Å². The van der Waals surface area contributed by atoms with E-state index >= 15 is 0 Å². The van der Waals surface area contributed by atoms with Gasteiger partial charge in [-0.1, -0.05) is 18.2 Å². The van der Waals surface area contributed by atoms with Crippen molar-refractivity contribution < 1.29 is 29.1 Å². The molecule has 140 valence electrons. The number of rotatable bonds is 5. The van der Waals surface area contributed by atoms with E-state index in [0.29, 0.717) is 17.1 Å². The molecule has 0 aliphatic carbocycles. The normalized spacial score (nSPS) is 16.0. The molecule has 2 aromatic carbocycles. The van der Waals surface area contributed by atoms with Gasteiger partial charge in [0.05, 0.1) is 14.2 Å². The summed E-state index contributed by atoms with van der Waals surface area (Å²) < 4.78 is 10.4. The number of nitrogens with zero attached hydrogens (tertiary/aromatic N) is 1. The van der Waals surface area contributed by atoms with E-state index in [0.717, 1.165) is 0 Å². The summed E-state index contributed by atoms with van der Waals surface area (Å²) in [5, 5.41) is 12.4. The number of imide groups is 1. The average Bonchev–Trinajstić information content (AvgIpc) is 2.70. The van der Waals surface area contributed by atoms with E-state index in [-0.39, 0.29) is 22.7 Å². The van der Waals surface area contributed by atoms with Crippen LogP contribution in [0.1, 0.15) is 27.4 Å². The number of amides is 3. The van der Waals surface area contributed by atoms with Crippen LogP contribution in [0.15, 0.2) is 42.5 Å². The Labute approximate surface area is 155 Å². The van der Waals surface area contributed by atoms with Crippen molar-refractivity contribution in [2.24, 2.45) is 0 Å². The minimum absolute atomic E-state index is 0.0133. The first kappa shape index (κ1) is 18.4. The van der Waals surface area contributed by atoms with Gasteiger partial charge < -0.3 is 14.8 Å². The molecule has 2 aromatic rings. The van der Waals surface area contributed by atoms with E-state index in [9.17, 15) is 19.6 Å². The molecule has 0 spiro atoms. The topological polar surface area (TPSA) is 105 Å². The van der Waals surface area contributed by atoms with E-state index in [1.54, 1.807) is 30.3 Å². The molecule has 0 fully saturated rings. The Kier molecular flexibility index (Phi) is 5.09. The molecule has 0 aromatic heterocycles. The second-order valence-electron chi connectivity index (χ2n) is 5.87. The fourth-order valence-corrected chi connectivity index (χ4v) is 2.95. The fraction of sp³-hybridized carbons (Fsp3) is 0.211. The summed E-state index contributed by atoms with van der Waals surface area (Å²) >= 11 is 0. The highest BCUT2D eigenvalue weighted by Gasteiger charge is 2.42. The maximum Gasteiger partial charge on any atom is 0.284 e. The minimum Gasteiger partial charge on any atom is -0.497 e. The van der Waals surface area contributed by atoms with Crippen LogP contribution >= 0.6 is 0 Å². The molecule has 1 unspecified atom stereocenters. The van der Waals surface area contributed by atoms with Crippen molar-refractivity contribution in [1.82, 2.24) is 10.4 Å². The van der Waals surface area contributed by atoms with Crippen molar-refractivity contribution in [2.45, 2.75) is 12.5 Å². The summed E-state index contributed by atoms with van der Waals surface area (Å²) in [6, 6.07) is 11.3.